The smallest absolute Gasteiger partial charge is 0.329 e. The fraction of sp³-hybridized carbons (Fsp3) is 0.960. The molecule has 0 aromatic heterocycles. The minimum absolute atomic E-state index is 0.0203. The molecule has 1 aliphatic rings. The second-order valence-corrected chi connectivity index (χ2v) is 12.0. The first-order valence-corrected chi connectivity index (χ1v) is 14.9. The van der Waals surface area contributed by atoms with E-state index < -0.39 is 14.1 Å². The zero-order chi connectivity index (χ0) is 24.6. The van der Waals surface area contributed by atoms with Crippen LogP contribution < -0.4 is 0 Å². The quantitative estimate of drug-likeness (QED) is 0.124. The van der Waals surface area contributed by atoms with Crippen LogP contribution in [0.3, 0.4) is 0 Å². The van der Waals surface area contributed by atoms with E-state index in [0.717, 1.165) is 19.3 Å². The Kier molecular flexibility index (Phi) is 15.8. The van der Waals surface area contributed by atoms with Crippen molar-refractivity contribution >= 4 is 13.7 Å². The highest BCUT2D eigenvalue weighted by molar-refractivity contribution is 7.47. The number of quaternary nitrogens is 1. The van der Waals surface area contributed by atoms with Gasteiger partial charge in [-0.05, 0) is 19.3 Å². The van der Waals surface area contributed by atoms with Crippen LogP contribution in [0.5, 0.6) is 0 Å². The molecule has 0 radical (unpaired) electrons. The van der Waals surface area contributed by atoms with Crippen LogP contribution in [-0.2, 0) is 18.4 Å². The summed E-state index contributed by atoms with van der Waals surface area (Å²) in [6, 6.07) is 0. The fourth-order valence-electron chi connectivity index (χ4n) is 4.18. The number of likely N-dealkylation sites (N-methyl/N-ethyl adjacent to an activating group) is 1. The van der Waals surface area contributed by atoms with Crippen LogP contribution in [0.15, 0.2) is 0 Å². The molecule has 33 heavy (non-hydrogen) atoms. The fourth-order valence-corrected chi connectivity index (χ4v) is 5.08. The van der Waals surface area contributed by atoms with Gasteiger partial charge >= 0.3 is 7.82 Å². The Morgan fingerprint density at radius 2 is 1.45 bits per heavy atom. The Morgan fingerprint density at radius 1 is 0.939 bits per heavy atom. The molecule has 196 valence electrons. The molecule has 0 bridgehead atoms. The Balaban J connectivity index is 2.11. The number of carbonyl (C=O) groups excluding carboxylic acids is 1. The van der Waals surface area contributed by atoms with E-state index in [1.54, 1.807) is 4.90 Å². The van der Waals surface area contributed by atoms with E-state index in [9.17, 15) is 14.3 Å². The van der Waals surface area contributed by atoms with Crippen molar-refractivity contribution in [2.24, 2.45) is 0 Å². The van der Waals surface area contributed by atoms with E-state index in [4.69, 9.17) is 9.05 Å². The third kappa shape index (κ3) is 15.9. The number of phosphoric acid groups is 1. The largest absolute Gasteiger partial charge is 0.474 e. The number of hydrogen-bond acceptors (Lipinski definition) is 4. The van der Waals surface area contributed by atoms with Crippen LogP contribution in [0, 0.1) is 0 Å². The normalized spacial score (nSPS) is 18.6. The molecule has 2 atom stereocenters. The molecule has 0 aliphatic carbocycles. The van der Waals surface area contributed by atoms with Crippen molar-refractivity contribution in [1.29, 1.82) is 0 Å². The molecule has 0 aromatic rings. The molecule has 0 aromatic carbocycles. The molecule has 7 nitrogen and oxygen atoms in total. The molecule has 0 saturated carbocycles. The summed E-state index contributed by atoms with van der Waals surface area (Å²) in [7, 11) is 1.79. The highest BCUT2D eigenvalue weighted by Crippen LogP contribution is 2.46. The van der Waals surface area contributed by atoms with Crippen molar-refractivity contribution in [3.63, 3.8) is 0 Å². The van der Waals surface area contributed by atoms with Gasteiger partial charge in [-0.25, -0.2) is 4.57 Å². The predicted octanol–water partition coefficient (Wildman–Crippen LogP) is 6.26. The number of rotatable bonds is 20. The molecule has 1 fully saturated rings. The average Bonchev–Trinajstić information content (AvgIpc) is 3.17. The number of phosphoric ester groups is 1. The van der Waals surface area contributed by atoms with Crippen LogP contribution in [0.4, 0.5) is 0 Å². The molecule has 0 spiro atoms. The first-order valence-electron chi connectivity index (χ1n) is 13.4. The highest BCUT2D eigenvalue weighted by Gasteiger charge is 2.36. The number of likely N-dealkylation sites (tertiary alicyclic amines) is 1. The summed E-state index contributed by atoms with van der Waals surface area (Å²) in [5.74, 6) is 0.0203. The maximum Gasteiger partial charge on any atom is 0.474 e. The molecule has 1 rings (SSSR count). The minimum Gasteiger partial charge on any atom is -0.329 e. The van der Waals surface area contributed by atoms with Gasteiger partial charge < -0.3 is 14.3 Å². The maximum atomic E-state index is 12.6. The summed E-state index contributed by atoms with van der Waals surface area (Å²) in [6.45, 7) is 3.58. The van der Waals surface area contributed by atoms with E-state index in [1.807, 2.05) is 21.1 Å². The van der Waals surface area contributed by atoms with Crippen LogP contribution in [0.2, 0.25) is 0 Å². The van der Waals surface area contributed by atoms with Gasteiger partial charge in [-0.15, -0.1) is 0 Å². The summed E-state index contributed by atoms with van der Waals surface area (Å²) in [6.07, 6.45) is 17.8. The Hall–Kier alpha value is -0.460. The van der Waals surface area contributed by atoms with Gasteiger partial charge in [0.2, 0.25) is 5.91 Å². The zero-order valence-electron chi connectivity index (χ0n) is 21.9. The standard InChI is InChI=1S/C25H51N2O5P/c1-5-6-7-8-9-10-11-12-13-14-15-16-17-19-24(28)26-21-18-20-25(26)32-33(29,30)31-23-22-27(2,3)4/h25H,5-23H2,1-4H3/p+1/t25-/m0/s1. The highest BCUT2D eigenvalue weighted by atomic mass is 31.2. The summed E-state index contributed by atoms with van der Waals surface area (Å²) in [5, 5.41) is 0. The molecule has 1 aliphatic heterocycles. The van der Waals surface area contributed by atoms with Gasteiger partial charge in [-0.2, -0.15) is 0 Å². The van der Waals surface area contributed by atoms with Crippen LogP contribution in [0.25, 0.3) is 0 Å². The average molecular weight is 492 g/mol. The van der Waals surface area contributed by atoms with Gasteiger partial charge in [0, 0.05) is 13.0 Å². The SMILES string of the molecule is CCCCCCCCCCCCCCCC(=O)N1CCC[C@@H]1OP(=O)(O)OCC[N+](C)(C)C. The molecule has 1 unspecified atom stereocenters. The van der Waals surface area contributed by atoms with E-state index in [-0.39, 0.29) is 12.5 Å². The molecule has 1 N–H and O–H groups in total. The first kappa shape index (κ1) is 30.6. The third-order valence-corrected chi connectivity index (χ3v) is 7.30. The lowest BCUT2D eigenvalue weighted by molar-refractivity contribution is -0.870. The van der Waals surface area contributed by atoms with Gasteiger partial charge in [-0.3, -0.25) is 13.8 Å². The summed E-state index contributed by atoms with van der Waals surface area (Å²) in [5.41, 5.74) is 0. The monoisotopic (exact) mass is 491 g/mol. The number of carbonyl (C=O) groups is 1. The number of amides is 1. The van der Waals surface area contributed by atoms with Crippen molar-refractivity contribution in [2.45, 2.75) is 116 Å². The van der Waals surface area contributed by atoms with Crippen molar-refractivity contribution in [3.8, 4) is 0 Å². The summed E-state index contributed by atoms with van der Waals surface area (Å²) < 4.78 is 23.4. The van der Waals surface area contributed by atoms with Crippen LogP contribution in [0.1, 0.15) is 110 Å². The van der Waals surface area contributed by atoms with Gasteiger partial charge in [0.15, 0.2) is 0 Å². The lowest BCUT2D eigenvalue weighted by atomic mass is 10.0. The van der Waals surface area contributed by atoms with E-state index >= 15 is 0 Å². The third-order valence-electron chi connectivity index (χ3n) is 6.28. The van der Waals surface area contributed by atoms with Gasteiger partial charge in [0.05, 0.1) is 21.1 Å². The van der Waals surface area contributed by atoms with Crippen molar-refractivity contribution < 1.29 is 27.8 Å². The first-order chi connectivity index (χ1) is 15.6. The lowest BCUT2D eigenvalue weighted by Gasteiger charge is -2.27. The molecular formula is C25H52N2O5P+. The molecule has 1 heterocycles. The van der Waals surface area contributed by atoms with Gasteiger partial charge in [0.25, 0.3) is 0 Å². The van der Waals surface area contributed by atoms with Gasteiger partial charge in [-0.1, -0.05) is 84.0 Å². The Bertz CT molecular complexity index is 567. The van der Waals surface area contributed by atoms with Gasteiger partial charge in [0.1, 0.15) is 19.4 Å². The number of nitrogens with zero attached hydrogens (tertiary/aromatic N) is 2. The minimum atomic E-state index is -4.17. The molecule has 1 amide bonds. The lowest BCUT2D eigenvalue weighted by Crippen LogP contribution is -2.38. The Morgan fingerprint density at radius 3 is 1.97 bits per heavy atom. The predicted molar refractivity (Wildman–Crippen MR) is 135 cm³/mol. The van der Waals surface area contributed by atoms with Crippen molar-refractivity contribution in [1.82, 2.24) is 4.90 Å². The number of hydrogen-bond donors (Lipinski definition) is 1. The van der Waals surface area contributed by atoms with Crippen molar-refractivity contribution in [2.75, 3.05) is 40.8 Å². The molecular weight excluding hydrogens is 439 g/mol. The van der Waals surface area contributed by atoms with Crippen molar-refractivity contribution in [3.05, 3.63) is 0 Å². The second-order valence-electron chi connectivity index (χ2n) is 10.6. The molecule has 1 saturated heterocycles. The maximum absolute atomic E-state index is 12.6. The summed E-state index contributed by atoms with van der Waals surface area (Å²) >= 11 is 0. The van der Waals surface area contributed by atoms with E-state index in [1.165, 1.54) is 70.6 Å². The zero-order valence-corrected chi connectivity index (χ0v) is 22.8. The molecule has 8 heteroatoms. The summed E-state index contributed by atoms with van der Waals surface area (Å²) in [4.78, 5) is 24.3. The second kappa shape index (κ2) is 17.0. The topological polar surface area (TPSA) is 76.1 Å². The Labute approximate surface area is 203 Å². The van der Waals surface area contributed by atoms with Crippen LogP contribution in [-0.4, -0.2) is 67.3 Å². The van der Waals surface area contributed by atoms with Crippen LogP contribution >= 0.6 is 7.82 Å². The van der Waals surface area contributed by atoms with E-state index in [0.29, 0.717) is 30.4 Å². The number of unbranched alkanes of at least 4 members (excludes halogenated alkanes) is 12. The van der Waals surface area contributed by atoms with E-state index in [2.05, 4.69) is 6.92 Å².